The summed E-state index contributed by atoms with van der Waals surface area (Å²) in [7, 11) is 0. The zero-order valence-corrected chi connectivity index (χ0v) is 15.2. The number of aromatic nitrogens is 3. The van der Waals surface area contributed by atoms with Crippen LogP contribution < -0.4 is 16.0 Å². The summed E-state index contributed by atoms with van der Waals surface area (Å²) in [6.45, 7) is 1.89. The Morgan fingerprint density at radius 2 is 1.88 bits per heavy atom. The zero-order valence-electron chi connectivity index (χ0n) is 14.4. The molecule has 140 valence electrons. The first-order chi connectivity index (χ1) is 11.7. The van der Waals surface area contributed by atoms with Gasteiger partial charge in [0.15, 0.2) is 5.69 Å². The van der Waals surface area contributed by atoms with E-state index in [4.69, 9.17) is 0 Å². The zero-order chi connectivity index (χ0) is 16.8. The first-order valence-corrected chi connectivity index (χ1v) is 8.92. The molecule has 0 spiro atoms. The summed E-state index contributed by atoms with van der Waals surface area (Å²) in [4.78, 5) is 24.0. The molecule has 1 aliphatic carbocycles. The van der Waals surface area contributed by atoms with Crippen LogP contribution >= 0.6 is 12.4 Å². The van der Waals surface area contributed by atoms with E-state index in [9.17, 15) is 9.59 Å². The Bertz CT molecular complexity index is 567. The van der Waals surface area contributed by atoms with Crippen molar-refractivity contribution >= 4 is 24.2 Å². The van der Waals surface area contributed by atoms with Crippen molar-refractivity contribution in [1.29, 1.82) is 0 Å². The smallest absolute Gasteiger partial charge is 0.273 e. The molecule has 1 aromatic heterocycles. The molecule has 1 saturated heterocycles. The molecule has 0 unspecified atom stereocenters. The van der Waals surface area contributed by atoms with E-state index in [-0.39, 0.29) is 48.5 Å². The second-order valence-electron chi connectivity index (χ2n) is 6.65. The fourth-order valence-electron chi connectivity index (χ4n) is 3.41. The van der Waals surface area contributed by atoms with Crippen molar-refractivity contribution in [2.75, 3.05) is 19.6 Å². The van der Waals surface area contributed by atoms with Crippen molar-refractivity contribution in [3.8, 4) is 0 Å². The van der Waals surface area contributed by atoms with Crippen molar-refractivity contribution in [2.45, 2.75) is 57.0 Å². The summed E-state index contributed by atoms with van der Waals surface area (Å²) >= 11 is 0. The maximum Gasteiger partial charge on any atom is 0.273 e. The Morgan fingerprint density at radius 3 is 2.60 bits per heavy atom. The molecule has 3 N–H and O–H groups in total. The van der Waals surface area contributed by atoms with Crippen molar-refractivity contribution < 1.29 is 9.59 Å². The van der Waals surface area contributed by atoms with Crippen LogP contribution in [0.2, 0.25) is 0 Å². The molecule has 2 fully saturated rings. The third-order valence-corrected chi connectivity index (χ3v) is 4.81. The van der Waals surface area contributed by atoms with E-state index in [2.05, 4.69) is 26.3 Å². The summed E-state index contributed by atoms with van der Waals surface area (Å²) in [5.74, 6) is -0.491. The van der Waals surface area contributed by atoms with Crippen LogP contribution in [0.5, 0.6) is 0 Å². The largest absolute Gasteiger partial charge is 0.352 e. The maximum absolute atomic E-state index is 12.1. The van der Waals surface area contributed by atoms with E-state index < -0.39 is 0 Å². The minimum absolute atomic E-state index is 0. The molecule has 1 aromatic rings. The van der Waals surface area contributed by atoms with Gasteiger partial charge < -0.3 is 16.0 Å². The Kier molecular flexibility index (Phi) is 7.64. The van der Waals surface area contributed by atoms with E-state index in [1.54, 1.807) is 10.9 Å². The van der Waals surface area contributed by atoms with Gasteiger partial charge in [0.2, 0.25) is 5.91 Å². The molecule has 9 heteroatoms. The second-order valence-corrected chi connectivity index (χ2v) is 6.65. The van der Waals surface area contributed by atoms with E-state index in [0.717, 1.165) is 51.6 Å². The minimum Gasteiger partial charge on any atom is -0.352 e. The molecule has 0 aromatic carbocycles. The van der Waals surface area contributed by atoms with Crippen LogP contribution in [0.4, 0.5) is 0 Å². The van der Waals surface area contributed by atoms with Gasteiger partial charge >= 0.3 is 0 Å². The molecule has 2 aliphatic rings. The van der Waals surface area contributed by atoms with Crippen LogP contribution in [-0.4, -0.2) is 52.5 Å². The van der Waals surface area contributed by atoms with Gasteiger partial charge in [-0.2, -0.15) is 0 Å². The third kappa shape index (κ3) is 5.67. The van der Waals surface area contributed by atoms with Crippen LogP contribution in [0.25, 0.3) is 0 Å². The number of nitrogens with one attached hydrogen (secondary N) is 3. The Labute approximate surface area is 153 Å². The summed E-state index contributed by atoms with van der Waals surface area (Å²) in [6.07, 6.45) is 9.27. The van der Waals surface area contributed by atoms with Crippen LogP contribution in [0, 0.1) is 0 Å². The molecule has 2 amide bonds. The number of hydrogen-bond acceptors (Lipinski definition) is 5. The van der Waals surface area contributed by atoms with E-state index in [1.165, 1.54) is 6.42 Å². The molecule has 8 nitrogen and oxygen atoms in total. The van der Waals surface area contributed by atoms with E-state index in [1.807, 2.05) is 0 Å². The molecular weight excluding hydrogens is 344 g/mol. The standard InChI is InChI=1S/C16H26N6O2.ClH/c23-15(19-12-4-2-1-3-5-12)10-18-16(24)14-11-22(21-20-14)13-6-8-17-9-7-13;/h11-13,17H,1-10H2,(H,18,24)(H,19,23);1H. The number of rotatable bonds is 5. The van der Waals surface area contributed by atoms with Gasteiger partial charge in [-0.25, -0.2) is 4.68 Å². The lowest BCUT2D eigenvalue weighted by Crippen LogP contribution is -2.42. The summed E-state index contributed by atoms with van der Waals surface area (Å²) in [6, 6.07) is 0.541. The minimum atomic E-state index is -0.353. The Hall–Kier alpha value is -1.67. The first-order valence-electron chi connectivity index (χ1n) is 8.92. The SMILES string of the molecule is Cl.O=C(CNC(=O)c1cn(C2CCNCC2)nn1)NC1CCCCC1. The topological polar surface area (TPSA) is 101 Å². The van der Waals surface area contributed by atoms with Crippen molar-refractivity contribution in [3.05, 3.63) is 11.9 Å². The highest BCUT2D eigenvalue weighted by Gasteiger charge is 2.20. The van der Waals surface area contributed by atoms with E-state index >= 15 is 0 Å². The van der Waals surface area contributed by atoms with Crippen LogP contribution in [0.15, 0.2) is 6.20 Å². The number of carbonyl (C=O) groups excluding carboxylic acids is 2. The molecule has 25 heavy (non-hydrogen) atoms. The fourth-order valence-corrected chi connectivity index (χ4v) is 3.41. The van der Waals surface area contributed by atoms with Gasteiger partial charge in [0.05, 0.1) is 18.8 Å². The van der Waals surface area contributed by atoms with Gasteiger partial charge in [-0.3, -0.25) is 9.59 Å². The summed E-state index contributed by atoms with van der Waals surface area (Å²) < 4.78 is 1.76. The Balaban J connectivity index is 0.00000225. The average Bonchev–Trinajstić information content (AvgIpc) is 3.11. The lowest BCUT2D eigenvalue weighted by Gasteiger charge is -2.22. The van der Waals surface area contributed by atoms with E-state index in [0.29, 0.717) is 0 Å². The monoisotopic (exact) mass is 370 g/mol. The van der Waals surface area contributed by atoms with Gasteiger partial charge in [0, 0.05) is 6.04 Å². The highest BCUT2D eigenvalue weighted by atomic mass is 35.5. The van der Waals surface area contributed by atoms with Gasteiger partial charge in [-0.1, -0.05) is 24.5 Å². The van der Waals surface area contributed by atoms with Gasteiger partial charge in [-0.05, 0) is 38.8 Å². The molecule has 2 heterocycles. The first kappa shape index (κ1) is 19.7. The van der Waals surface area contributed by atoms with Crippen molar-refractivity contribution in [2.24, 2.45) is 0 Å². The van der Waals surface area contributed by atoms with Crippen molar-refractivity contribution in [3.63, 3.8) is 0 Å². The lowest BCUT2D eigenvalue weighted by molar-refractivity contribution is -0.121. The number of piperidine rings is 1. The number of hydrogen-bond donors (Lipinski definition) is 3. The third-order valence-electron chi connectivity index (χ3n) is 4.81. The molecule has 1 aliphatic heterocycles. The molecular formula is C16H27ClN6O2. The normalized spacial score (nSPS) is 19.0. The van der Waals surface area contributed by atoms with Gasteiger partial charge in [0.25, 0.3) is 5.91 Å². The molecule has 3 rings (SSSR count). The van der Waals surface area contributed by atoms with Crippen molar-refractivity contribution in [1.82, 2.24) is 30.9 Å². The summed E-state index contributed by atoms with van der Waals surface area (Å²) in [5.41, 5.74) is 0.263. The van der Waals surface area contributed by atoms with Crippen LogP contribution in [0.1, 0.15) is 61.5 Å². The second kappa shape index (κ2) is 9.72. The maximum atomic E-state index is 12.1. The van der Waals surface area contributed by atoms with Gasteiger partial charge in [-0.15, -0.1) is 17.5 Å². The van der Waals surface area contributed by atoms with Crippen LogP contribution in [0.3, 0.4) is 0 Å². The number of carbonyl (C=O) groups is 2. The number of halogens is 1. The summed E-state index contributed by atoms with van der Waals surface area (Å²) in [5, 5.41) is 16.9. The number of nitrogens with zero attached hydrogens (tertiary/aromatic N) is 3. The molecule has 0 bridgehead atoms. The predicted molar refractivity (Wildman–Crippen MR) is 95.8 cm³/mol. The highest BCUT2D eigenvalue weighted by molar-refractivity contribution is 5.94. The Morgan fingerprint density at radius 1 is 1.16 bits per heavy atom. The van der Waals surface area contributed by atoms with Crippen LogP contribution in [-0.2, 0) is 4.79 Å². The molecule has 0 radical (unpaired) electrons. The molecule has 0 atom stereocenters. The fraction of sp³-hybridized carbons (Fsp3) is 0.750. The highest BCUT2D eigenvalue weighted by Crippen LogP contribution is 2.17. The average molecular weight is 371 g/mol. The number of amides is 2. The van der Waals surface area contributed by atoms with Gasteiger partial charge in [0.1, 0.15) is 0 Å². The molecule has 1 saturated carbocycles. The quantitative estimate of drug-likeness (QED) is 0.711. The predicted octanol–water partition coefficient (Wildman–Crippen LogP) is 0.803. The lowest BCUT2D eigenvalue weighted by atomic mass is 9.95.